The number of amides is 1. The number of nitrogens with two attached hydrogens (primary N) is 1. The van der Waals surface area contributed by atoms with E-state index in [0.717, 1.165) is 48.3 Å². The minimum absolute atomic E-state index is 0.0636. The number of para-hydroxylation sites is 2. The molecule has 1 aliphatic heterocycles. The Hall–Kier alpha value is -3.02. The molecule has 2 aliphatic rings. The molecule has 30 heavy (non-hydrogen) atoms. The number of carbonyl (C=O) groups excluding carboxylic acids is 1. The van der Waals surface area contributed by atoms with Gasteiger partial charge in [0.25, 0.3) is 5.91 Å². The number of fused-ring (bicyclic) bond motifs is 1. The van der Waals surface area contributed by atoms with Crippen molar-refractivity contribution in [3.63, 3.8) is 0 Å². The molecule has 1 saturated carbocycles. The lowest BCUT2D eigenvalue weighted by Gasteiger charge is -2.36. The van der Waals surface area contributed by atoms with E-state index in [1.165, 1.54) is 19.3 Å². The number of imidazole rings is 1. The number of carbonyl (C=O) groups is 1. The molecule has 0 atom stereocenters. The average Bonchev–Trinajstić information content (AvgIpc) is 3.19. The molecule has 0 unspecified atom stereocenters. The number of nitrogen functional groups attached to an aromatic ring is 1. The molecule has 1 aliphatic carbocycles. The second-order valence-electron chi connectivity index (χ2n) is 8.46. The molecule has 5 rings (SSSR count). The number of hydrogen-bond donors (Lipinski definition) is 1. The fourth-order valence-corrected chi connectivity index (χ4v) is 4.90. The van der Waals surface area contributed by atoms with Crippen LogP contribution in [-0.4, -0.2) is 46.5 Å². The largest absolute Gasteiger partial charge is 0.399 e. The predicted molar refractivity (Wildman–Crippen MR) is 121 cm³/mol. The molecule has 0 bridgehead atoms. The van der Waals surface area contributed by atoms with Crippen molar-refractivity contribution < 1.29 is 4.79 Å². The first-order valence-corrected chi connectivity index (χ1v) is 11.1. The zero-order chi connectivity index (χ0) is 20.5. The van der Waals surface area contributed by atoms with Crippen molar-refractivity contribution in [2.45, 2.75) is 38.1 Å². The molecular formula is C24H29N5O. The molecule has 2 heterocycles. The topological polar surface area (TPSA) is 67.4 Å². The minimum Gasteiger partial charge on any atom is -0.399 e. The Labute approximate surface area is 177 Å². The van der Waals surface area contributed by atoms with Crippen LogP contribution >= 0.6 is 0 Å². The van der Waals surface area contributed by atoms with E-state index < -0.39 is 0 Å². The van der Waals surface area contributed by atoms with E-state index in [1.54, 1.807) is 0 Å². The van der Waals surface area contributed by atoms with Crippen molar-refractivity contribution in [3.8, 4) is 0 Å². The van der Waals surface area contributed by atoms with Crippen LogP contribution in [-0.2, 0) is 0 Å². The molecule has 1 amide bonds. The monoisotopic (exact) mass is 403 g/mol. The van der Waals surface area contributed by atoms with Crippen LogP contribution in [0.25, 0.3) is 11.0 Å². The molecule has 2 aromatic carbocycles. The number of anilines is 2. The lowest BCUT2D eigenvalue weighted by Crippen LogP contribution is -2.49. The van der Waals surface area contributed by atoms with E-state index in [2.05, 4.69) is 27.7 Å². The highest BCUT2D eigenvalue weighted by atomic mass is 16.2. The first-order valence-electron chi connectivity index (χ1n) is 11.1. The van der Waals surface area contributed by atoms with Gasteiger partial charge in [0.05, 0.1) is 11.0 Å². The molecular weight excluding hydrogens is 374 g/mol. The molecule has 2 fully saturated rings. The standard InChI is InChI=1S/C24H29N5O/c25-18-10-12-19(13-11-18)27-14-16-28(17-15-27)24(30)23-26-21-8-4-5-9-22(21)29(23)20-6-2-1-3-7-20/h4-5,8-13,20H,1-3,6-7,14-17,25H2. The molecule has 3 aromatic rings. The first kappa shape index (κ1) is 19.0. The van der Waals surface area contributed by atoms with Crippen molar-refractivity contribution in [1.82, 2.24) is 14.5 Å². The average molecular weight is 404 g/mol. The summed E-state index contributed by atoms with van der Waals surface area (Å²) in [4.78, 5) is 22.6. The minimum atomic E-state index is 0.0636. The number of benzene rings is 2. The third-order valence-electron chi connectivity index (χ3n) is 6.55. The van der Waals surface area contributed by atoms with Crippen LogP contribution in [0.2, 0.25) is 0 Å². The van der Waals surface area contributed by atoms with Crippen LogP contribution in [0.5, 0.6) is 0 Å². The van der Waals surface area contributed by atoms with E-state index in [1.807, 2.05) is 35.2 Å². The Morgan fingerprint density at radius 2 is 1.60 bits per heavy atom. The van der Waals surface area contributed by atoms with Gasteiger partial charge < -0.3 is 20.1 Å². The van der Waals surface area contributed by atoms with Crippen LogP contribution in [0.3, 0.4) is 0 Å². The first-order chi connectivity index (χ1) is 14.7. The van der Waals surface area contributed by atoms with E-state index in [4.69, 9.17) is 10.7 Å². The molecule has 0 radical (unpaired) electrons. The summed E-state index contributed by atoms with van der Waals surface area (Å²) in [5, 5.41) is 0. The summed E-state index contributed by atoms with van der Waals surface area (Å²) < 4.78 is 2.24. The van der Waals surface area contributed by atoms with Crippen molar-refractivity contribution in [2.75, 3.05) is 36.8 Å². The van der Waals surface area contributed by atoms with Gasteiger partial charge in [0.15, 0.2) is 0 Å². The van der Waals surface area contributed by atoms with Crippen molar-refractivity contribution in [3.05, 3.63) is 54.4 Å². The molecule has 0 spiro atoms. The van der Waals surface area contributed by atoms with E-state index >= 15 is 0 Å². The van der Waals surface area contributed by atoms with Crippen molar-refractivity contribution in [2.24, 2.45) is 0 Å². The molecule has 2 N–H and O–H groups in total. The third kappa shape index (κ3) is 3.51. The smallest absolute Gasteiger partial charge is 0.290 e. The van der Waals surface area contributed by atoms with Crippen LogP contribution in [0.1, 0.15) is 48.8 Å². The number of aromatic nitrogens is 2. The summed E-state index contributed by atoms with van der Waals surface area (Å²) in [6.45, 7) is 3.05. The fraction of sp³-hybridized carbons (Fsp3) is 0.417. The predicted octanol–water partition coefficient (Wildman–Crippen LogP) is 4.09. The van der Waals surface area contributed by atoms with Gasteiger partial charge in [-0.2, -0.15) is 0 Å². The second kappa shape index (κ2) is 8.01. The molecule has 6 heteroatoms. The van der Waals surface area contributed by atoms with E-state index in [9.17, 15) is 4.79 Å². The summed E-state index contributed by atoms with van der Waals surface area (Å²) in [5.74, 6) is 0.678. The highest BCUT2D eigenvalue weighted by Crippen LogP contribution is 2.33. The van der Waals surface area contributed by atoms with Gasteiger partial charge in [-0.05, 0) is 49.2 Å². The van der Waals surface area contributed by atoms with Gasteiger partial charge in [0, 0.05) is 43.6 Å². The Bertz CT molecular complexity index is 1030. The van der Waals surface area contributed by atoms with Gasteiger partial charge in [0.2, 0.25) is 5.82 Å². The zero-order valence-corrected chi connectivity index (χ0v) is 17.3. The Kier molecular flexibility index (Phi) is 5.07. The van der Waals surface area contributed by atoms with Crippen LogP contribution in [0.15, 0.2) is 48.5 Å². The summed E-state index contributed by atoms with van der Waals surface area (Å²) >= 11 is 0. The van der Waals surface area contributed by atoms with Crippen molar-refractivity contribution in [1.29, 1.82) is 0 Å². The van der Waals surface area contributed by atoms with Crippen LogP contribution < -0.4 is 10.6 Å². The Morgan fingerprint density at radius 3 is 2.33 bits per heavy atom. The van der Waals surface area contributed by atoms with Gasteiger partial charge in [-0.3, -0.25) is 4.79 Å². The summed E-state index contributed by atoms with van der Waals surface area (Å²) in [7, 11) is 0. The summed E-state index contributed by atoms with van der Waals surface area (Å²) in [6.07, 6.45) is 6.01. The maximum absolute atomic E-state index is 13.5. The number of rotatable bonds is 3. The quantitative estimate of drug-likeness (QED) is 0.669. The van der Waals surface area contributed by atoms with Gasteiger partial charge in [0.1, 0.15) is 0 Å². The number of piperazine rings is 1. The summed E-state index contributed by atoms with van der Waals surface area (Å²) in [5.41, 5.74) is 9.75. The maximum atomic E-state index is 13.5. The Balaban J connectivity index is 1.38. The Morgan fingerprint density at radius 1 is 0.900 bits per heavy atom. The highest BCUT2D eigenvalue weighted by molar-refractivity contribution is 5.95. The zero-order valence-electron chi connectivity index (χ0n) is 17.3. The normalized spacial score (nSPS) is 18.1. The van der Waals surface area contributed by atoms with E-state index in [0.29, 0.717) is 25.0 Å². The van der Waals surface area contributed by atoms with Crippen LogP contribution in [0.4, 0.5) is 11.4 Å². The number of hydrogen-bond acceptors (Lipinski definition) is 4. The van der Waals surface area contributed by atoms with Gasteiger partial charge in [-0.1, -0.05) is 31.4 Å². The molecule has 1 aromatic heterocycles. The van der Waals surface area contributed by atoms with Crippen molar-refractivity contribution >= 4 is 28.3 Å². The molecule has 1 saturated heterocycles. The SMILES string of the molecule is Nc1ccc(N2CCN(C(=O)c3nc4ccccc4n3C3CCCCC3)CC2)cc1. The maximum Gasteiger partial charge on any atom is 0.290 e. The fourth-order valence-electron chi connectivity index (χ4n) is 4.90. The lowest BCUT2D eigenvalue weighted by molar-refractivity contribution is 0.0726. The van der Waals surface area contributed by atoms with Gasteiger partial charge in [-0.15, -0.1) is 0 Å². The molecule has 156 valence electrons. The van der Waals surface area contributed by atoms with Crippen LogP contribution in [0, 0.1) is 0 Å². The molecule has 6 nitrogen and oxygen atoms in total. The third-order valence-corrected chi connectivity index (χ3v) is 6.55. The number of nitrogens with zero attached hydrogens (tertiary/aromatic N) is 4. The lowest BCUT2D eigenvalue weighted by atomic mass is 9.95. The van der Waals surface area contributed by atoms with E-state index in [-0.39, 0.29) is 5.91 Å². The highest BCUT2D eigenvalue weighted by Gasteiger charge is 2.29. The van der Waals surface area contributed by atoms with Gasteiger partial charge in [-0.25, -0.2) is 4.98 Å². The summed E-state index contributed by atoms with van der Waals surface area (Å²) in [6, 6.07) is 16.5. The second-order valence-corrected chi connectivity index (χ2v) is 8.46. The van der Waals surface area contributed by atoms with Gasteiger partial charge >= 0.3 is 0 Å².